The summed E-state index contributed by atoms with van der Waals surface area (Å²) in [5.74, 6) is 1.17. The molecule has 13 heavy (non-hydrogen) atoms. The summed E-state index contributed by atoms with van der Waals surface area (Å²) in [4.78, 5) is 4.24. The number of hydrogen-bond donors (Lipinski definition) is 1. The minimum absolute atomic E-state index is 0.347. The van der Waals surface area contributed by atoms with Crippen molar-refractivity contribution >= 4 is 5.84 Å². The van der Waals surface area contributed by atoms with Crippen molar-refractivity contribution in [1.82, 2.24) is 5.32 Å². The summed E-state index contributed by atoms with van der Waals surface area (Å²) in [6.45, 7) is 10.4. The van der Waals surface area contributed by atoms with Gasteiger partial charge >= 0.3 is 0 Å². The third-order valence-corrected chi connectivity index (χ3v) is 3.82. The van der Waals surface area contributed by atoms with Crippen LogP contribution < -0.4 is 5.32 Å². The Kier molecular flexibility index (Phi) is 2.69. The lowest BCUT2D eigenvalue weighted by Crippen LogP contribution is -2.39. The molecule has 1 heterocycles. The molecule has 0 aliphatic carbocycles. The van der Waals surface area contributed by atoms with Crippen LogP contribution in [0.5, 0.6) is 0 Å². The Morgan fingerprint density at radius 3 is 2.31 bits per heavy atom. The normalized spacial score (nSPS) is 29.5. The quantitative estimate of drug-likeness (QED) is 0.611. The molecule has 1 saturated heterocycles. The van der Waals surface area contributed by atoms with E-state index in [9.17, 15) is 0 Å². The van der Waals surface area contributed by atoms with Gasteiger partial charge in [-0.15, -0.1) is 0 Å². The van der Waals surface area contributed by atoms with Gasteiger partial charge in [0, 0.05) is 20.0 Å². The van der Waals surface area contributed by atoms with Gasteiger partial charge in [-0.25, -0.2) is 0 Å². The molecular weight excluding hydrogens is 160 g/mol. The van der Waals surface area contributed by atoms with Crippen LogP contribution in [0.25, 0.3) is 0 Å². The number of nitrogens with one attached hydrogen (secondary N) is 1. The molecule has 1 rings (SSSR count). The van der Waals surface area contributed by atoms with E-state index >= 15 is 0 Å². The van der Waals surface area contributed by atoms with E-state index in [0.717, 1.165) is 13.0 Å². The molecule has 1 fully saturated rings. The number of nitrogens with zero attached hydrogens (tertiary/aromatic N) is 1. The second kappa shape index (κ2) is 3.32. The van der Waals surface area contributed by atoms with Crippen LogP contribution in [-0.2, 0) is 0 Å². The van der Waals surface area contributed by atoms with Crippen molar-refractivity contribution in [3.05, 3.63) is 0 Å². The Labute approximate surface area is 81.8 Å². The fraction of sp³-hybridized carbons (Fsp3) is 0.909. The van der Waals surface area contributed by atoms with Gasteiger partial charge in [0.2, 0.25) is 0 Å². The van der Waals surface area contributed by atoms with E-state index in [1.54, 1.807) is 0 Å². The Morgan fingerprint density at radius 1 is 1.15 bits per heavy atom. The minimum Gasteiger partial charge on any atom is -0.373 e. The van der Waals surface area contributed by atoms with E-state index < -0.39 is 0 Å². The fourth-order valence-corrected chi connectivity index (χ4v) is 1.61. The number of aliphatic imine (C=N–C) groups is 1. The topological polar surface area (TPSA) is 24.4 Å². The highest BCUT2D eigenvalue weighted by Gasteiger charge is 2.38. The fourth-order valence-electron chi connectivity index (χ4n) is 1.61. The molecular formula is C11H22N2. The van der Waals surface area contributed by atoms with Gasteiger partial charge in [-0.1, -0.05) is 27.7 Å². The van der Waals surface area contributed by atoms with E-state index in [-0.39, 0.29) is 0 Å². The molecule has 0 bridgehead atoms. The van der Waals surface area contributed by atoms with Gasteiger partial charge < -0.3 is 5.32 Å². The average Bonchev–Trinajstić information content (AvgIpc) is 2.12. The van der Waals surface area contributed by atoms with Crippen LogP contribution in [0.15, 0.2) is 4.99 Å². The van der Waals surface area contributed by atoms with E-state index in [1.807, 2.05) is 7.05 Å². The number of hydrogen-bond acceptors (Lipinski definition) is 1. The van der Waals surface area contributed by atoms with Crippen molar-refractivity contribution in [3.63, 3.8) is 0 Å². The number of rotatable bonds is 0. The smallest absolute Gasteiger partial charge is 0.0959 e. The van der Waals surface area contributed by atoms with Crippen LogP contribution >= 0.6 is 0 Å². The summed E-state index contributed by atoms with van der Waals surface area (Å²) in [7, 11) is 1.87. The molecule has 0 aromatic carbocycles. The Bertz CT molecular complexity index is 194. The summed E-state index contributed by atoms with van der Waals surface area (Å²) < 4.78 is 0. The van der Waals surface area contributed by atoms with Crippen molar-refractivity contribution in [2.75, 3.05) is 13.6 Å². The zero-order valence-corrected chi connectivity index (χ0v) is 9.57. The molecule has 0 amide bonds. The lowest BCUT2D eigenvalue weighted by Gasteiger charge is -2.39. The molecule has 0 atom stereocenters. The summed E-state index contributed by atoms with van der Waals surface area (Å²) in [5.41, 5.74) is 0.742. The first-order valence-corrected chi connectivity index (χ1v) is 5.09. The zero-order valence-electron chi connectivity index (χ0n) is 9.57. The maximum atomic E-state index is 4.24. The van der Waals surface area contributed by atoms with Crippen LogP contribution in [0, 0.1) is 10.8 Å². The van der Waals surface area contributed by atoms with Gasteiger partial charge in [0.05, 0.1) is 5.84 Å². The SMILES string of the molecule is CN=C1CCC(C)(C)C(C)(C)CN1. The highest BCUT2D eigenvalue weighted by atomic mass is 15.0. The molecule has 0 unspecified atom stereocenters. The van der Waals surface area contributed by atoms with Crippen LogP contribution in [0.3, 0.4) is 0 Å². The second-order valence-corrected chi connectivity index (χ2v) is 5.29. The Hall–Kier alpha value is -0.530. The third-order valence-electron chi connectivity index (χ3n) is 3.82. The van der Waals surface area contributed by atoms with E-state index in [1.165, 1.54) is 12.3 Å². The molecule has 76 valence electrons. The first-order chi connectivity index (χ1) is 5.89. The van der Waals surface area contributed by atoms with E-state index in [2.05, 4.69) is 38.0 Å². The third kappa shape index (κ3) is 2.04. The van der Waals surface area contributed by atoms with Crippen molar-refractivity contribution in [1.29, 1.82) is 0 Å². The predicted octanol–water partition coefficient (Wildman–Crippen LogP) is 2.45. The van der Waals surface area contributed by atoms with Gasteiger partial charge in [-0.05, 0) is 17.3 Å². The molecule has 1 N–H and O–H groups in total. The van der Waals surface area contributed by atoms with Gasteiger partial charge in [0.25, 0.3) is 0 Å². The van der Waals surface area contributed by atoms with Crippen LogP contribution in [-0.4, -0.2) is 19.4 Å². The summed E-state index contributed by atoms with van der Waals surface area (Å²) in [6, 6.07) is 0. The van der Waals surface area contributed by atoms with Gasteiger partial charge in [0.15, 0.2) is 0 Å². The molecule has 2 nitrogen and oxygen atoms in total. The monoisotopic (exact) mass is 182 g/mol. The average molecular weight is 182 g/mol. The van der Waals surface area contributed by atoms with Crippen molar-refractivity contribution in [2.45, 2.75) is 40.5 Å². The van der Waals surface area contributed by atoms with E-state index in [0.29, 0.717) is 10.8 Å². The highest BCUT2D eigenvalue weighted by Crippen LogP contribution is 2.42. The highest BCUT2D eigenvalue weighted by molar-refractivity contribution is 5.82. The molecule has 2 heteroatoms. The van der Waals surface area contributed by atoms with Crippen molar-refractivity contribution in [3.8, 4) is 0 Å². The second-order valence-electron chi connectivity index (χ2n) is 5.29. The standard InChI is InChI=1S/C11H22N2/c1-10(2)7-6-9(12-5)13-8-11(10,3)4/h6-8H2,1-5H3,(H,12,13). The van der Waals surface area contributed by atoms with Gasteiger partial charge in [0.1, 0.15) is 0 Å². The lowest BCUT2D eigenvalue weighted by atomic mass is 9.66. The first kappa shape index (κ1) is 10.6. The maximum absolute atomic E-state index is 4.24. The van der Waals surface area contributed by atoms with Crippen LogP contribution in [0.1, 0.15) is 40.5 Å². The summed E-state index contributed by atoms with van der Waals surface area (Å²) in [6.07, 6.45) is 2.31. The summed E-state index contributed by atoms with van der Waals surface area (Å²) >= 11 is 0. The van der Waals surface area contributed by atoms with Crippen LogP contribution in [0.4, 0.5) is 0 Å². The first-order valence-electron chi connectivity index (χ1n) is 5.09. The van der Waals surface area contributed by atoms with E-state index in [4.69, 9.17) is 0 Å². The summed E-state index contributed by atoms with van der Waals surface area (Å²) in [5, 5.41) is 3.43. The van der Waals surface area contributed by atoms with Gasteiger partial charge in [-0.2, -0.15) is 0 Å². The largest absolute Gasteiger partial charge is 0.373 e. The minimum atomic E-state index is 0.347. The number of amidine groups is 1. The lowest BCUT2D eigenvalue weighted by molar-refractivity contribution is 0.113. The Morgan fingerprint density at radius 2 is 1.77 bits per heavy atom. The van der Waals surface area contributed by atoms with Gasteiger partial charge in [-0.3, -0.25) is 4.99 Å². The molecule has 0 spiro atoms. The zero-order chi connectivity index (χ0) is 10.1. The molecule has 0 aromatic heterocycles. The van der Waals surface area contributed by atoms with Crippen LogP contribution in [0.2, 0.25) is 0 Å². The molecule has 0 radical (unpaired) electrons. The molecule has 0 saturated carbocycles. The molecule has 0 aromatic rings. The predicted molar refractivity (Wildman–Crippen MR) is 58.2 cm³/mol. The maximum Gasteiger partial charge on any atom is 0.0959 e. The van der Waals surface area contributed by atoms with Crippen molar-refractivity contribution < 1.29 is 0 Å². The Balaban J connectivity index is 2.82. The molecule has 1 aliphatic rings. The van der Waals surface area contributed by atoms with Crippen molar-refractivity contribution in [2.24, 2.45) is 15.8 Å². The molecule has 1 aliphatic heterocycles.